The molecule has 0 spiro atoms. The number of ether oxygens (including phenoxy) is 2. The molecule has 0 bridgehead atoms. The highest BCUT2D eigenvalue weighted by Gasteiger charge is 2.20. The molecular weight excluding hydrogens is 398 g/mol. The first-order valence-electron chi connectivity index (χ1n) is 8.47. The van der Waals surface area contributed by atoms with Gasteiger partial charge in [-0.15, -0.1) is 0 Å². The first-order valence-corrected chi connectivity index (χ1v) is 9.95. The van der Waals surface area contributed by atoms with Gasteiger partial charge in [0.15, 0.2) is 5.52 Å². The van der Waals surface area contributed by atoms with Crippen molar-refractivity contribution >= 4 is 37.7 Å². The Bertz CT molecular complexity index is 1410. The molecule has 9 nitrogen and oxygen atoms in total. The summed E-state index contributed by atoms with van der Waals surface area (Å²) in [5.74, 6) is 0.815. The predicted octanol–water partition coefficient (Wildman–Crippen LogP) is 2.50. The van der Waals surface area contributed by atoms with Crippen LogP contribution in [0, 0.1) is 0 Å². The molecule has 0 radical (unpaired) electrons. The van der Waals surface area contributed by atoms with E-state index in [1.807, 2.05) is 0 Å². The molecule has 0 saturated heterocycles. The van der Waals surface area contributed by atoms with Crippen molar-refractivity contribution in [3.8, 4) is 11.5 Å². The molecule has 0 atom stereocenters. The minimum Gasteiger partial charge on any atom is -0.497 e. The van der Waals surface area contributed by atoms with Crippen molar-refractivity contribution in [1.29, 1.82) is 0 Å². The molecule has 0 aliphatic heterocycles. The molecule has 2 heterocycles. The number of anilines is 1. The van der Waals surface area contributed by atoms with Gasteiger partial charge in [-0.3, -0.25) is 4.72 Å². The number of imidazole rings is 1. The lowest BCUT2D eigenvalue weighted by Gasteiger charge is -2.13. The summed E-state index contributed by atoms with van der Waals surface area (Å²) >= 11 is 0. The highest BCUT2D eigenvalue weighted by atomic mass is 32.2. The molecule has 10 heteroatoms. The summed E-state index contributed by atoms with van der Waals surface area (Å²) in [7, 11) is 0.669. The number of aryl methyl sites for hydroxylation is 1. The lowest BCUT2D eigenvalue weighted by atomic mass is 10.2. The zero-order valence-electron chi connectivity index (χ0n) is 15.8. The van der Waals surface area contributed by atoms with Crippen molar-refractivity contribution in [2.45, 2.75) is 4.90 Å². The first-order chi connectivity index (χ1) is 13.8. The summed E-state index contributed by atoms with van der Waals surface area (Å²) in [5, 5.41) is 0.458. The van der Waals surface area contributed by atoms with E-state index in [0.29, 0.717) is 22.4 Å². The van der Waals surface area contributed by atoms with E-state index in [4.69, 9.17) is 13.9 Å². The Morgan fingerprint density at radius 1 is 1.10 bits per heavy atom. The van der Waals surface area contributed by atoms with E-state index in [1.54, 1.807) is 23.7 Å². The van der Waals surface area contributed by atoms with Crippen molar-refractivity contribution < 1.29 is 22.3 Å². The largest absolute Gasteiger partial charge is 0.497 e. The molecule has 1 N–H and O–H groups in total. The normalized spacial score (nSPS) is 11.7. The topological polar surface area (TPSA) is 113 Å². The summed E-state index contributed by atoms with van der Waals surface area (Å²) in [6.07, 6.45) is 1.47. The molecule has 4 aromatic rings. The number of fused-ring (bicyclic) bond motifs is 3. The van der Waals surface area contributed by atoms with Crippen LogP contribution in [0.15, 0.2) is 56.8 Å². The fraction of sp³-hybridized carbons (Fsp3) is 0.158. The van der Waals surface area contributed by atoms with Crippen LogP contribution in [0.2, 0.25) is 0 Å². The quantitative estimate of drug-likeness (QED) is 0.498. The van der Waals surface area contributed by atoms with Gasteiger partial charge in [-0.2, -0.15) is 0 Å². The van der Waals surface area contributed by atoms with E-state index in [2.05, 4.69) is 9.71 Å². The number of nitrogens with one attached hydrogen (secondary N) is 1. The summed E-state index contributed by atoms with van der Waals surface area (Å²) in [4.78, 5) is 16.1. The lowest BCUT2D eigenvalue weighted by molar-refractivity contribution is 0.405. The second-order valence-electron chi connectivity index (χ2n) is 6.27. The average molecular weight is 415 g/mol. The van der Waals surface area contributed by atoms with E-state index in [-0.39, 0.29) is 21.7 Å². The van der Waals surface area contributed by atoms with Crippen LogP contribution in [0.3, 0.4) is 0 Å². The number of benzene rings is 2. The van der Waals surface area contributed by atoms with Crippen LogP contribution in [0.5, 0.6) is 11.5 Å². The van der Waals surface area contributed by atoms with Crippen LogP contribution in [-0.2, 0) is 17.1 Å². The number of methoxy groups -OCH3 is 2. The van der Waals surface area contributed by atoms with E-state index < -0.39 is 15.6 Å². The van der Waals surface area contributed by atoms with E-state index in [9.17, 15) is 13.2 Å². The van der Waals surface area contributed by atoms with Crippen molar-refractivity contribution in [1.82, 2.24) is 9.55 Å². The maximum Gasteiger partial charge on any atom is 0.364 e. The third-order valence-electron chi connectivity index (χ3n) is 4.50. The average Bonchev–Trinajstić information content (AvgIpc) is 3.10. The van der Waals surface area contributed by atoms with Gasteiger partial charge in [-0.1, -0.05) is 0 Å². The van der Waals surface area contributed by atoms with Crippen LogP contribution in [0.25, 0.3) is 22.0 Å². The molecule has 0 fully saturated rings. The van der Waals surface area contributed by atoms with Gasteiger partial charge in [-0.25, -0.2) is 18.2 Å². The van der Waals surface area contributed by atoms with Crippen molar-refractivity contribution in [2.75, 3.05) is 18.9 Å². The molecule has 2 aromatic carbocycles. The van der Waals surface area contributed by atoms with Gasteiger partial charge in [-0.05, 0) is 30.3 Å². The number of sulfonamides is 1. The van der Waals surface area contributed by atoms with E-state index in [0.717, 1.165) is 0 Å². The Morgan fingerprint density at radius 3 is 2.62 bits per heavy atom. The maximum absolute atomic E-state index is 13.0. The highest BCUT2D eigenvalue weighted by Crippen LogP contribution is 2.32. The fourth-order valence-electron chi connectivity index (χ4n) is 3.09. The Balaban J connectivity index is 1.86. The highest BCUT2D eigenvalue weighted by molar-refractivity contribution is 7.92. The van der Waals surface area contributed by atoms with E-state index in [1.165, 1.54) is 44.8 Å². The zero-order chi connectivity index (χ0) is 20.8. The molecule has 0 unspecified atom stereocenters. The molecule has 0 aliphatic rings. The molecule has 0 aliphatic carbocycles. The van der Waals surface area contributed by atoms with Crippen LogP contribution in [0.4, 0.5) is 5.69 Å². The van der Waals surface area contributed by atoms with Gasteiger partial charge in [0.05, 0.1) is 36.6 Å². The Morgan fingerprint density at radius 2 is 1.90 bits per heavy atom. The number of nitrogens with zero attached hydrogens (tertiary/aromatic N) is 2. The number of hydrogen-bond donors (Lipinski definition) is 1. The standard InChI is InChI=1S/C19H17N3O6S/c1-22-10-20-17-18(22)13-9-12(5-7-15(13)28-19(17)23)29(24,25)21-14-8-11(26-2)4-6-16(14)27-3/h4-10,21H,1-3H3. The van der Waals surface area contributed by atoms with E-state index >= 15 is 0 Å². The molecule has 2 aromatic heterocycles. The lowest BCUT2D eigenvalue weighted by Crippen LogP contribution is -2.14. The molecule has 4 rings (SSSR count). The number of rotatable bonds is 5. The maximum atomic E-state index is 13.0. The van der Waals surface area contributed by atoms with Gasteiger partial charge < -0.3 is 18.5 Å². The molecule has 29 heavy (non-hydrogen) atoms. The third-order valence-corrected chi connectivity index (χ3v) is 5.86. The second kappa shape index (κ2) is 6.82. The van der Waals surface area contributed by atoms with Gasteiger partial charge >= 0.3 is 5.63 Å². The van der Waals surface area contributed by atoms with Crippen molar-refractivity contribution in [2.24, 2.45) is 7.05 Å². The smallest absolute Gasteiger partial charge is 0.364 e. The summed E-state index contributed by atoms with van der Waals surface area (Å²) in [5.41, 5.74) is 0.549. The summed E-state index contributed by atoms with van der Waals surface area (Å²) in [6.45, 7) is 0. The summed E-state index contributed by atoms with van der Waals surface area (Å²) in [6, 6.07) is 9.04. The van der Waals surface area contributed by atoms with Gasteiger partial charge in [0.2, 0.25) is 0 Å². The van der Waals surface area contributed by atoms with Crippen LogP contribution in [-0.4, -0.2) is 32.2 Å². The van der Waals surface area contributed by atoms with Crippen LogP contribution < -0.4 is 19.8 Å². The van der Waals surface area contributed by atoms with Gasteiger partial charge in [0.25, 0.3) is 10.0 Å². The van der Waals surface area contributed by atoms with Crippen molar-refractivity contribution in [3.05, 3.63) is 53.1 Å². The van der Waals surface area contributed by atoms with Crippen molar-refractivity contribution in [3.63, 3.8) is 0 Å². The second-order valence-corrected chi connectivity index (χ2v) is 7.95. The third kappa shape index (κ3) is 3.17. The zero-order valence-corrected chi connectivity index (χ0v) is 16.6. The van der Waals surface area contributed by atoms with Crippen LogP contribution >= 0.6 is 0 Å². The Kier molecular flexibility index (Phi) is 4.42. The molecular formula is C19H17N3O6S. The minimum absolute atomic E-state index is 0.00813. The monoisotopic (exact) mass is 415 g/mol. The SMILES string of the molecule is COc1ccc(OC)c(NS(=O)(=O)c2ccc3oc(=O)c4ncn(C)c4c3c2)c1. The summed E-state index contributed by atoms with van der Waals surface area (Å²) < 4.78 is 45.8. The predicted molar refractivity (Wildman–Crippen MR) is 107 cm³/mol. The fourth-order valence-corrected chi connectivity index (χ4v) is 4.18. The first kappa shape index (κ1) is 18.8. The molecule has 0 amide bonds. The number of aromatic nitrogens is 2. The van der Waals surface area contributed by atoms with Gasteiger partial charge in [0.1, 0.15) is 17.1 Å². The molecule has 0 saturated carbocycles. The Hall–Kier alpha value is -3.53. The minimum atomic E-state index is -3.97. The van der Waals surface area contributed by atoms with Gasteiger partial charge in [0, 0.05) is 18.5 Å². The van der Waals surface area contributed by atoms with Crippen LogP contribution in [0.1, 0.15) is 0 Å². The molecule has 150 valence electrons. The number of hydrogen-bond acceptors (Lipinski definition) is 7. The Labute approximate surface area is 165 Å².